The predicted molar refractivity (Wildman–Crippen MR) is 54.2 cm³/mol. The first-order chi connectivity index (χ1) is 7.00. The molecule has 0 fully saturated rings. The summed E-state index contributed by atoms with van der Waals surface area (Å²) in [6.45, 7) is 3.16. The third kappa shape index (κ3) is 3.49. The van der Waals surface area contributed by atoms with Gasteiger partial charge in [0.1, 0.15) is 6.61 Å². The molecule has 1 rings (SSSR count). The van der Waals surface area contributed by atoms with Crippen LogP contribution in [0.1, 0.15) is 25.5 Å². The Labute approximate surface area is 88.1 Å². The van der Waals surface area contributed by atoms with E-state index in [-0.39, 0.29) is 12.4 Å². The fourth-order valence-corrected chi connectivity index (χ4v) is 1.10. The molecule has 3 nitrogen and oxygen atoms in total. The zero-order valence-electron chi connectivity index (χ0n) is 8.77. The van der Waals surface area contributed by atoms with Crippen LogP contribution in [0.3, 0.4) is 0 Å². The second-order valence-corrected chi connectivity index (χ2v) is 3.53. The third-order valence-electron chi connectivity index (χ3n) is 1.92. The van der Waals surface area contributed by atoms with Crippen molar-refractivity contribution in [1.29, 1.82) is 0 Å². The fourth-order valence-electron chi connectivity index (χ4n) is 1.10. The van der Waals surface area contributed by atoms with Crippen molar-refractivity contribution < 1.29 is 19.3 Å². The summed E-state index contributed by atoms with van der Waals surface area (Å²) in [5.74, 6) is -0.450. The van der Waals surface area contributed by atoms with Crippen molar-refractivity contribution in [3.63, 3.8) is 0 Å². The van der Waals surface area contributed by atoms with Crippen LogP contribution < -0.4 is 4.74 Å². The molecule has 0 aliphatic heterocycles. The molecule has 0 aliphatic carbocycles. The number of halogens is 1. The Balaban J connectivity index is 2.75. The Morgan fingerprint density at radius 2 is 2.00 bits per heavy atom. The number of aliphatic hydroxyl groups is 2. The molecular formula is C11H15FO3. The average Bonchev–Trinajstić information content (AvgIpc) is 2.15. The van der Waals surface area contributed by atoms with Crippen LogP contribution in [-0.2, 0) is 0 Å². The second kappa shape index (κ2) is 5.09. The van der Waals surface area contributed by atoms with E-state index < -0.39 is 18.0 Å². The quantitative estimate of drug-likeness (QED) is 0.801. The van der Waals surface area contributed by atoms with Gasteiger partial charge in [0.2, 0.25) is 0 Å². The topological polar surface area (TPSA) is 49.7 Å². The number of benzene rings is 1. The lowest BCUT2D eigenvalue weighted by molar-refractivity contribution is 0.120. The molecule has 0 aliphatic rings. The zero-order chi connectivity index (χ0) is 11.4. The Hall–Kier alpha value is -1.13. The van der Waals surface area contributed by atoms with Gasteiger partial charge in [0, 0.05) is 0 Å². The Bertz CT molecular complexity index is 324. The Morgan fingerprint density at radius 1 is 1.33 bits per heavy atom. The van der Waals surface area contributed by atoms with E-state index in [1.807, 2.05) is 0 Å². The molecule has 2 N–H and O–H groups in total. The number of hydrogen-bond donors (Lipinski definition) is 2. The SMILES string of the molecule is CC(O)COc1ccc([C@@H](C)O)cc1F. The van der Waals surface area contributed by atoms with Crippen molar-refractivity contribution in [2.45, 2.75) is 26.1 Å². The molecule has 0 saturated carbocycles. The maximum atomic E-state index is 13.3. The monoisotopic (exact) mass is 214 g/mol. The second-order valence-electron chi connectivity index (χ2n) is 3.53. The van der Waals surface area contributed by atoms with Gasteiger partial charge in [-0.2, -0.15) is 0 Å². The minimum Gasteiger partial charge on any atom is -0.488 e. The highest BCUT2D eigenvalue weighted by Gasteiger charge is 2.08. The first-order valence-corrected chi connectivity index (χ1v) is 4.79. The number of ether oxygens (including phenoxy) is 1. The molecule has 84 valence electrons. The van der Waals surface area contributed by atoms with Crippen LogP contribution in [0, 0.1) is 5.82 Å². The first kappa shape index (κ1) is 11.9. The van der Waals surface area contributed by atoms with Crippen molar-refractivity contribution in [2.24, 2.45) is 0 Å². The van der Waals surface area contributed by atoms with E-state index in [4.69, 9.17) is 9.84 Å². The average molecular weight is 214 g/mol. The van der Waals surface area contributed by atoms with Gasteiger partial charge in [0.15, 0.2) is 11.6 Å². The van der Waals surface area contributed by atoms with E-state index in [0.29, 0.717) is 5.56 Å². The molecule has 0 heterocycles. The van der Waals surface area contributed by atoms with Crippen molar-refractivity contribution in [3.8, 4) is 5.75 Å². The molecule has 15 heavy (non-hydrogen) atoms. The van der Waals surface area contributed by atoms with Crippen molar-refractivity contribution in [3.05, 3.63) is 29.6 Å². The number of hydrogen-bond acceptors (Lipinski definition) is 3. The van der Waals surface area contributed by atoms with E-state index in [1.54, 1.807) is 19.9 Å². The molecule has 0 aromatic heterocycles. The molecule has 1 aromatic rings. The van der Waals surface area contributed by atoms with Crippen molar-refractivity contribution in [2.75, 3.05) is 6.61 Å². The van der Waals surface area contributed by atoms with Crippen LogP contribution >= 0.6 is 0 Å². The summed E-state index contributed by atoms with van der Waals surface area (Å²) in [6.07, 6.45) is -1.34. The molecule has 0 radical (unpaired) electrons. The highest BCUT2D eigenvalue weighted by molar-refractivity contribution is 5.30. The molecule has 1 unspecified atom stereocenters. The minimum atomic E-state index is -0.703. The standard InChI is InChI=1S/C11H15FO3/c1-7(13)6-15-11-4-3-9(8(2)14)5-10(11)12/h3-5,7-8,13-14H,6H2,1-2H3/t7?,8-/m1/s1. The van der Waals surface area contributed by atoms with Gasteiger partial charge in [-0.25, -0.2) is 4.39 Å². The van der Waals surface area contributed by atoms with Gasteiger partial charge in [0.05, 0.1) is 12.2 Å². The van der Waals surface area contributed by atoms with Crippen LogP contribution in [0.5, 0.6) is 5.75 Å². The van der Waals surface area contributed by atoms with E-state index in [1.165, 1.54) is 12.1 Å². The summed E-state index contributed by atoms with van der Waals surface area (Å²) in [6, 6.07) is 4.26. The lowest BCUT2D eigenvalue weighted by atomic mass is 10.1. The smallest absolute Gasteiger partial charge is 0.165 e. The molecule has 1 aromatic carbocycles. The van der Waals surface area contributed by atoms with Crippen LogP contribution in [0.2, 0.25) is 0 Å². The molecule has 0 saturated heterocycles. The summed E-state index contributed by atoms with van der Waals surface area (Å²) in [5, 5.41) is 18.2. The number of aliphatic hydroxyl groups excluding tert-OH is 2. The zero-order valence-corrected chi connectivity index (χ0v) is 8.77. The van der Waals surface area contributed by atoms with Gasteiger partial charge >= 0.3 is 0 Å². The molecule has 0 spiro atoms. The van der Waals surface area contributed by atoms with E-state index in [9.17, 15) is 9.50 Å². The largest absolute Gasteiger partial charge is 0.488 e. The summed E-state index contributed by atoms with van der Waals surface area (Å²) >= 11 is 0. The van der Waals surface area contributed by atoms with Gasteiger partial charge in [-0.05, 0) is 31.5 Å². The Morgan fingerprint density at radius 3 is 2.47 bits per heavy atom. The summed E-state index contributed by atoms with van der Waals surface area (Å²) in [5.41, 5.74) is 0.497. The van der Waals surface area contributed by atoms with Gasteiger partial charge in [-0.15, -0.1) is 0 Å². The van der Waals surface area contributed by atoms with E-state index >= 15 is 0 Å². The molecular weight excluding hydrogens is 199 g/mol. The van der Waals surface area contributed by atoms with Crippen LogP contribution in [0.15, 0.2) is 18.2 Å². The maximum absolute atomic E-state index is 13.3. The van der Waals surface area contributed by atoms with E-state index in [2.05, 4.69) is 0 Å². The lowest BCUT2D eigenvalue weighted by Crippen LogP contribution is -2.13. The summed E-state index contributed by atoms with van der Waals surface area (Å²) in [4.78, 5) is 0. The van der Waals surface area contributed by atoms with Crippen LogP contribution in [0.4, 0.5) is 4.39 Å². The summed E-state index contributed by atoms with van der Waals surface area (Å²) in [7, 11) is 0. The molecule has 2 atom stereocenters. The van der Waals surface area contributed by atoms with Crippen molar-refractivity contribution in [1.82, 2.24) is 0 Å². The van der Waals surface area contributed by atoms with Crippen LogP contribution in [-0.4, -0.2) is 22.9 Å². The van der Waals surface area contributed by atoms with Crippen molar-refractivity contribution >= 4 is 0 Å². The molecule has 0 amide bonds. The Kier molecular flexibility index (Phi) is 4.05. The van der Waals surface area contributed by atoms with Gasteiger partial charge < -0.3 is 14.9 Å². The maximum Gasteiger partial charge on any atom is 0.165 e. The van der Waals surface area contributed by atoms with Gasteiger partial charge in [0.25, 0.3) is 0 Å². The highest BCUT2D eigenvalue weighted by atomic mass is 19.1. The molecule has 0 bridgehead atoms. The third-order valence-corrected chi connectivity index (χ3v) is 1.92. The molecule has 4 heteroatoms. The minimum absolute atomic E-state index is 0.0466. The van der Waals surface area contributed by atoms with Gasteiger partial charge in [-0.3, -0.25) is 0 Å². The predicted octanol–water partition coefficient (Wildman–Crippen LogP) is 1.64. The number of rotatable bonds is 4. The van der Waals surface area contributed by atoms with E-state index in [0.717, 1.165) is 0 Å². The lowest BCUT2D eigenvalue weighted by Gasteiger charge is -2.11. The van der Waals surface area contributed by atoms with Gasteiger partial charge in [-0.1, -0.05) is 6.07 Å². The first-order valence-electron chi connectivity index (χ1n) is 4.79. The summed E-state index contributed by atoms with van der Waals surface area (Å²) < 4.78 is 18.4. The normalized spacial score (nSPS) is 14.7. The highest BCUT2D eigenvalue weighted by Crippen LogP contribution is 2.21. The van der Waals surface area contributed by atoms with Crippen LogP contribution in [0.25, 0.3) is 0 Å². The fraction of sp³-hybridized carbons (Fsp3) is 0.455.